The van der Waals surface area contributed by atoms with Crippen molar-refractivity contribution >= 4 is 21.8 Å². The second-order valence-electron chi connectivity index (χ2n) is 4.28. The molecule has 3 rings (SSSR count). The summed E-state index contributed by atoms with van der Waals surface area (Å²) in [6.45, 7) is 0. The molecule has 0 atom stereocenters. The highest BCUT2D eigenvalue weighted by Crippen LogP contribution is 2.41. The van der Waals surface area contributed by atoms with Crippen molar-refractivity contribution in [2.75, 3.05) is 0 Å². The summed E-state index contributed by atoms with van der Waals surface area (Å²) in [5.41, 5.74) is 0.979. The normalized spacial score (nSPS) is 11.4. The fourth-order valence-corrected chi connectivity index (χ4v) is 2.44. The van der Waals surface area contributed by atoms with E-state index in [2.05, 4.69) is 0 Å². The monoisotopic (exact) mass is 245 g/mol. The minimum atomic E-state index is -0.0809. The van der Waals surface area contributed by atoms with Crippen LogP contribution in [0.3, 0.4) is 0 Å². The molecule has 0 unspecified atom stereocenters. The fraction of sp³-hybridized carbons (Fsp3) is 0.0769. The maximum absolute atomic E-state index is 9.87. The zero-order valence-corrected chi connectivity index (χ0v) is 9.55. The Morgan fingerprint density at radius 2 is 1.11 bits per heavy atom. The van der Waals surface area contributed by atoms with E-state index in [9.17, 15) is 20.4 Å². The first-order valence-electron chi connectivity index (χ1n) is 5.35. The van der Waals surface area contributed by atoms with E-state index < -0.39 is 0 Å². The SMILES string of the molecule is Cn1c2c(O)cc(O)cc2c2cc(O)cc(O)c21. The average molecular weight is 245 g/mol. The van der Waals surface area contributed by atoms with Crippen LogP contribution in [0, 0.1) is 0 Å². The third-order valence-corrected chi connectivity index (χ3v) is 3.11. The largest absolute Gasteiger partial charge is 0.508 e. The third-order valence-electron chi connectivity index (χ3n) is 3.11. The van der Waals surface area contributed by atoms with Gasteiger partial charge in [0, 0.05) is 30.0 Å². The lowest BCUT2D eigenvalue weighted by atomic mass is 10.1. The Bertz CT molecular complexity index is 724. The van der Waals surface area contributed by atoms with E-state index in [1.807, 2.05) is 0 Å². The molecule has 18 heavy (non-hydrogen) atoms. The molecule has 0 aliphatic heterocycles. The van der Waals surface area contributed by atoms with Gasteiger partial charge >= 0.3 is 0 Å². The Balaban J connectivity index is 2.67. The summed E-state index contributed by atoms with van der Waals surface area (Å²) < 4.78 is 1.62. The lowest BCUT2D eigenvalue weighted by Gasteiger charge is -2.02. The molecule has 0 radical (unpaired) electrons. The smallest absolute Gasteiger partial charge is 0.143 e. The Labute approximate surface area is 102 Å². The molecule has 0 spiro atoms. The summed E-state index contributed by atoms with van der Waals surface area (Å²) in [6, 6.07) is 5.43. The topological polar surface area (TPSA) is 85.9 Å². The van der Waals surface area contributed by atoms with Crippen LogP contribution >= 0.6 is 0 Å². The Morgan fingerprint density at radius 3 is 1.50 bits per heavy atom. The van der Waals surface area contributed by atoms with Crippen LogP contribution in [-0.4, -0.2) is 25.0 Å². The number of rotatable bonds is 0. The Kier molecular flexibility index (Phi) is 1.90. The predicted molar refractivity (Wildman–Crippen MR) is 67.1 cm³/mol. The van der Waals surface area contributed by atoms with Gasteiger partial charge in [0.15, 0.2) is 0 Å². The van der Waals surface area contributed by atoms with Gasteiger partial charge in [-0.05, 0) is 12.1 Å². The van der Waals surface area contributed by atoms with Gasteiger partial charge in [-0.2, -0.15) is 0 Å². The number of aryl methyl sites for hydroxylation is 1. The molecule has 0 bridgehead atoms. The molecule has 0 aliphatic carbocycles. The molecular formula is C13H11NO4. The number of fused-ring (bicyclic) bond motifs is 3. The van der Waals surface area contributed by atoms with Crippen molar-refractivity contribution in [3.8, 4) is 23.0 Å². The molecule has 0 fully saturated rings. The van der Waals surface area contributed by atoms with E-state index in [1.54, 1.807) is 11.6 Å². The van der Waals surface area contributed by atoms with Gasteiger partial charge < -0.3 is 25.0 Å². The zero-order chi connectivity index (χ0) is 13.0. The molecule has 3 aromatic rings. The maximum Gasteiger partial charge on any atom is 0.143 e. The molecule has 5 heteroatoms. The van der Waals surface area contributed by atoms with Crippen LogP contribution in [-0.2, 0) is 7.05 Å². The average Bonchev–Trinajstić information content (AvgIpc) is 2.52. The van der Waals surface area contributed by atoms with E-state index in [0.29, 0.717) is 21.8 Å². The van der Waals surface area contributed by atoms with E-state index >= 15 is 0 Å². The van der Waals surface area contributed by atoms with Crippen molar-refractivity contribution in [2.45, 2.75) is 0 Å². The molecule has 0 amide bonds. The first-order chi connectivity index (χ1) is 8.49. The molecule has 1 aromatic heterocycles. The molecule has 4 N–H and O–H groups in total. The maximum atomic E-state index is 9.87. The van der Waals surface area contributed by atoms with Crippen LogP contribution in [0.5, 0.6) is 23.0 Å². The molecule has 1 heterocycles. The number of nitrogens with zero attached hydrogens (tertiary/aromatic N) is 1. The Morgan fingerprint density at radius 1 is 0.722 bits per heavy atom. The highest BCUT2D eigenvalue weighted by Gasteiger charge is 2.16. The second-order valence-corrected chi connectivity index (χ2v) is 4.28. The van der Waals surface area contributed by atoms with Crippen molar-refractivity contribution in [1.29, 1.82) is 0 Å². The molecule has 5 nitrogen and oxygen atoms in total. The van der Waals surface area contributed by atoms with Gasteiger partial charge in [-0.3, -0.25) is 0 Å². The Hall–Kier alpha value is -2.56. The van der Waals surface area contributed by atoms with E-state index in [1.165, 1.54) is 24.3 Å². The second kappa shape index (κ2) is 3.22. The van der Waals surface area contributed by atoms with Crippen molar-refractivity contribution in [2.24, 2.45) is 7.05 Å². The van der Waals surface area contributed by atoms with Crippen LogP contribution in [0.4, 0.5) is 0 Å². The van der Waals surface area contributed by atoms with Gasteiger partial charge in [-0.1, -0.05) is 0 Å². The van der Waals surface area contributed by atoms with Gasteiger partial charge in [0.05, 0.1) is 11.0 Å². The van der Waals surface area contributed by atoms with Crippen LogP contribution in [0.25, 0.3) is 21.8 Å². The first-order valence-corrected chi connectivity index (χ1v) is 5.35. The molecule has 0 saturated heterocycles. The lowest BCUT2D eigenvalue weighted by molar-refractivity contribution is 0.453. The highest BCUT2D eigenvalue weighted by molar-refractivity contribution is 6.12. The quantitative estimate of drug-likeness (QED) is 0.489. The summed E-state index contributed by atoms with van der Waals surface area (Å²) in [4.78, 5) is 0. The lowest BCUT2D eigenvalue weighted by Crippen LogP contribution is -1.87. The number of aromatic hydroxyl groups is 4. The molecule has 2 aromatic carbocycles. The third kappa shape index (κ3) is 1.21. The molecule has 0 aliphatic rings. The summed E-state index contributed by atoms with van der Waals surface area (Å²) in [5.74, 6) is -0.309. The number of aromatic nitrogens is 1. The van der Waals surface area contributed by atoms with Gasteiger partial charge in [0.1, 0.15) is 23.0 Å². The molecule has 0 saturated carbocycles. The number of benzene rings is 2. The van der Waals surface area contributed by atoms with E-state index in [0.717, 1.165) is 0 Å². The minimum Gasteiger partial charge on any atom is -0.508 e. The summed E-state index contributed by atoms with van der Waals surface area (Å²) in [7, 11) is 1.69. The van der Waals surface area contributed by atoms with Crippen LogP contribution in [0.1, 0.15) is 0 Å². The van der Waals surface area contributed by atoms with Crippen molar-refractivity contribution in [1.82, 2.24) is 4.57 Å². The summed E-state index contributed by atoms with van der Waals surface area (Å²) in [6.07, 6.45) is 0. The highest BCUT2D eigenvalue weighted by atomic mass is 16.3. The van der Waals surface area contributed by atoms with Gasteiger partial charge in [0.2, 0.25) is 0 Å². The van der Waals surface area contributed by atoms with Crippen molar-refractivity contribution in [3.05, 3.63) is 24.3 Å². The fourth-order valence-electron chi connectivity index (χ4n) is 2.44. The number of phenols is 4. The number of hydrogen-bond acceptors (Lipinski definition) is 4. The minimum absolute atomic E-state index is 0.0738. The van der Waals surface area contributed by atoms with Gasteiger partial charge in [0.25, 0.3) is 0 Å². The standard InChI is InChI=1S/C13H11NO4/c1-14-12-8(2-6(15)4-10(12)17)9-3-7(16)5-11(18)13(9)14/h2-5,15-18H,1H3. The van der Waals surface area contributed by atoms with Crippen molar-refractivity contribution in [3.63, 3.8) is 0 Å². The molecular weight excluding hydrogens is 234 g/mol. The van der Waals surface area contributed by atoms with Gasteiger partial charge in [-0.25, -0.2) is 0 Å². The summed E-state index contributed by atoms with van der Waals surface area (Å²) >= 11 is 0. The van der Waals surface area contributed by atoms with Crippen LogP contribution in [0.15, 0.2) is 24.3 Å². The number of phenolic OH excluding ortho intramolecular Hbond substituents is 4. The number of hydrogen-bond donors (Lipinski definition) is 4. The summed E-state index contributed by atoms with van der Waals surface area (Å²) in [5, 5.41) is 39.9. The van der Waals surface area contributed by atoms with E-state index in [-0.39, 0.29) is 23.0 Å². The molecule has 92 valence electrons. The van der Waals surface area contributed by atoms with Crippen LogP contribution in [0.2, 0.25) is 0 Å². The van der Waals surface area contributed by atoms with Crippen molar-refractivity contribution < 1.29 is 20.4 Å². The van der Waals surface area contributed by atoms with E-state index in [4.69, 9.17) is 0 Å². The van der Waals surface area contributed by atoms with Crippen LogP contribution < -0.4 is 0 Å². The van der Waals surface area contributed by atoms with Gasteiger partial charge in [-0.15, -0.1) is 0 Å². The predicted octanol–water partition coefficient (Wildman–Crippen LogP) is 2.15. The zero-order valence-electron chi connectivity index (χ0n) is 9.55. The first kappa shape index (κ1) is 10.6.